The van der Waals surface area contributed by atoms with Crippen molar-refractivity contribution in [1.82, 2.24) is 10.2 Å². The van der Waals surface area contributed by atoms with E-state index in [-0.39, 0.29) is 11.8 Å². The second-order valence-corrected chi connectivity index (χ2v) is 4.86. The predicted octanol–water partition coefficient (Wildman–Crippen LogP) is 0.623. The second-order valence-electron chi connectivity index (χ2n) is 4.86. The average molecular weight is 226 g/mol. The predicted molar refractivity (Wildman–Crippen MR) is 62.2 cm³/mol. The lowest BCUT2D eigenvalue weighted by molar-refractivity contribution is -0.140. The Morgan fingerprint density at radius 3 is 2.88 bits per heavy atom. The van der Waals surface area contributed by atoms with Gasteiger partial charge >= 0.3 is 0 Å². The van der Waals surface area contributed by atoms with Gasteiger partial charge in [-0.2, -0.15) is 0 Å². The van der Waals surface area contributed by atoms with Gasteiger partial charge in [-0.3, -0.25) is 4.79 Å². The van der Waals surface area contributed by atoms with Crippen molar-refractivity contribution in [2.24, 2.45) is 5.92 Å². The summed E-state index contributed by atoms with van der Waals surface area (Å²) in [6.45, 7) is 3.46. The lowest BCUT2D eigenvalue weighted by atomic mass is 9.98. The summed E-state index contributed by atoms with van der Waals surface area (Å²) in [5, 5.41) is 3.35. The molecule has 2 heterocycles. The molecule has 0 aromatic rings. The van der Waals surface area contributed by atoms with Crippen molar-refractivity contribution in [3.63, 3.8) is 0 Å². The quantitative estimate of drug-likeness (QED) is 0.750. The molecular formula is C12H22N2O2. The molecule has 4 heteroatoms. The van der Waals surface area contributed by atoms with Gasteiger partial charge < -0.3 is 15.0 Å². The Morgan fingerprint density at radius 1 is 1.38 bits per heavy atom. The van der Waals surface area contributed by atoms with E-state index < -0.39 is 0 Å². The summed E-state index contributed by atoms with van der Waals surface area (Å²) in [5.74, 6) is 0.370. The summed E-state index contributed by atoms with van der Waals surface area (Å²) in [6, 6.07) is 0.378. The Morgan fingerprint density at radius 2 is 2.25 bits per heavy atom. The molecule has 0 radical (unpaired) electrons. The number of nitrogens with one attached hydrogen (secondary N) is 1. The summed E-state index contributed by atoms with van der Waals surface area (Å²) in [4.78, 5) is 14.2. The lowest BCUT2D eigenvalue weighted by Gasteiger charge is -2.34. The number of piperidine rings is 1. The van der Waals surface area contributed by atoms with Crippen molar-refractivity contribution >= 4 is 5.91 Å². The van der Waals surface area contributed by atoms with Crippen molar-refractivity contribution < 1.29 is 9.53 Å². The fraction of sp³-hybridized carbons (Fsp3) is 0.917. The van der Waals surface area contributed by atoms with Crippen molar-refractivity contribution in [3.05, 3.63) is 0 Å². The summed E-state index contributed by atoms with van der Waals surface area (Å²) >= 11 is 0. The number of carbonyl (C=O) groups excluding carboxylic acids is 1. The molecule has 0 bridgehead atoms. The maximum atomic E-state index is 12.2. The highest BCUT2D eigenvalue weighted by Gasteiger charge is 2.29. The van der Waals surface area contributed by atoms with Gasteiger partial charge in [0, 0.05) is 26.2 Å². The van der Waals surface area contributed by atoms with Crippen LogP contribution in [0.4, 0.5) is 0 Å². The zero-order chi connectivity index (χ0) is 11.4. The van der Waals surface area contributed by atoms with Crippen LogP contribution in [0.5, 0.6) is 0 Å². The Bertz CT molecular complexity index is 233. The second kappa shape index (κ2) is 5.64. The molecule has 1 unspecified atom stereocenters. The first-order valence-electron chi connectivity index (χ1n) is 6.34. The fourth-order valence-corrected chi connectivity index (χ4v) is 2.57. The molecule has 0 spiro atoms. The van der Waals surface area contributed by atoms with E-state index in [4.69, 9.17) is 4.74 Å². The summed E-state index contributed by atoms with van der Waals surface area (Å²) in [5.41, 5.74) is 0. The Labute approximate surface area is 97.3 Å². The van der Waals surface area contributed by atoms with E-state index in [1.54, 1.807) is 0 Å². The van der Waals surface area contributed by atoms with E-state index in [9.17, 15) is 4.79 Å². The Kier molecular flexibility index (Phi) is 4.18. The average Bonchev–Trinajstić information content (AvgIpc) is 2.39. The standard InChI is InChI=1S/C12H22N2O2/c1-14(11-5-2-6-13-8-11)12(15)10-4-3-7-16-9-10/h10-11,13H,2-9H2,1H3/t10?,11-/m1/s1. The van der Waals surface area contributed by atoms with Crippen LogP contribution in [0.2, 0.25) is 0 Å². The summed E-state index contributed by atoms with van der Waals surface area (Å²) in [7, 11) is 1.94. The first-order chi connectivity index (χ1) is 7.79. The molecule has 1 N–H and O–H groups in total. The molecule has 0 aromatic heterocycles. The molecule has 0 aliphatic carbocycles. The van der Waals surface area contributed by atoms with Gasteiger partial charge in [0.15, 0.2) is 0 Å². The normalized spacial score (nSPS) is 31.1. The maximum absolute atomic E-state index is 12.2. The van der Waals surface area contributed by atoms with Gasteiger partial charge in [0.05, 0.1) is 12.5 Å². The van der Waals surface area contributed by atoms with Gasteiger partial charge in [-0.1, -0.05) is 0 Å². The monoisotopic (exact) mass is 226 g/mol. The van der Waals surface area contributed by atoms with Crippen molar-refractivity contribution in [2.75, 3.05) is 33.4 Å². The van der Waals surface area contributed by atoms with Crippen LogP contribution in [0.15, 0.2) is 0 Å². The van der Waals surface area contributed by atoms with Crippen molar-refractivity contribution in [1.29, 1.82) is 0 Å². The van der Waals surface area contributed by atoms with Crippen molar-refractivity contribution in [3.8, 4) is 0 Å². The molecule has 2 aliphatic rings. The van der Waals surface area contributed by atoms with Crippen LogP contribution in [0.25, 0.3) is 0 Å². The minimum Gasteiger partial charge on any atom is -0.381 e. The Hall–Kier alpha value is -0.610. The third-order valence-electron chi connectivity index (χ3n) is 3.68. The molecule has 92 valence electrons. The van der Waals surface area contributed by atoms with Gasteiger partial charge in [-0.25, -0.2) is 0 Å². The number of hydrogen-bond acceptors (Lipinski definition) is 3. The van der Waals surface area contributed by atoms with Gasteiger partial charge in [0.25, 0.3) is 0 Å². The molecule has 2 saturated heterocycles. The molecule has 2 rings (SSSR count). The number of amides is 1. The van der Waals surface area contributed by atoms with E-state index in [1.807, 2.05) is 11.9 Å². The SMILES string of the molecule is CN(C(=O)C1CCCOC1)[C@@H]1CCCNC1. The third kappa shape index (κ3) is 2.74. The number of nitrogens with zero attached hydrogens (tertiary/aromatic N) is 1. The topological polar surface area (TPSA) is 41.6 Å². The van der Waals surface area contributed by atoms with Crippen LogP contribution in [-0.4, -0.2) is 50.2 Å². The molecule has 4 nitrogen and oxygen atoms in total. The van der Waals surface area contributed by atoms with Gasteiger partial charge in [0.1, 0.15) is 0 Å². The third-order valence-corrected chi connectivity index (χ3v) is 3.68. The van der Waals surface area contributed by atoms with Crippen LogP contribution < -0.4 is 5.32 Å². The van der Waals surface area contributed by atoms with E-state index in [0.29, 0.717) is 12.6 Å². The van der Waals surface area contributed by atoms with Crippen LogP contribution in [0, 0.1) is 5.92 Å². The smallest absolute Gasteiger partial charge is 0.228 e. The number of rotatable bonds is 2. The molecule has 0 aromatic carbocycles. The first kappa shape index (κ1) is 11.9. The molecule has 2 atom stereocenters. The summed E-state index contributed by atoms with van der Waals surface area (Å²) in [6.07, 6.45) is 4.31. The number of ether oxygens (including phenoxy) is 1. The zero-order valence-electron chi connectivity index (χ0n) is 10.1. The van der Waals surface area contributed by atoms with E-state index in [0.717, 1.165) is 39.0 Å². The highest BCUT2D eigenvalue weighted by atomic mass is 16.5. The molecular weight excluding hydrogens is 204 g/mol. The van der Waals surface area contributed by atoms with E-state index >= 15 is 0 Å². The van der Waals surface area contributed by atoms with Crippen LogP contribution in [0.3, 0.4) is 0 Å². The van der Waals surface area contributed by atoms with Crippen LogP contribution in [0.1, 0.15) is 25.7 Å². The number of carbonyl (C=O) groups is 1. The van der Waals surface area contributed by atoms with Gasteiger partial charge in [0.2, 0.25) is 5.91 Å². The van der Waals surface area contributed by atoms with E-state index in [2.05, 4.69) is 5.32 Å². The zero-order valence-corrected chi connectivity index (χ0v) is 10.1. The lowest BCUT2D eigenvalue weighted by Crippen LogP contribution is -2.49. The molecule has 0 saturated carbocycles. The molecule has 2 fully saturated rings. The number of hydrogen-bond donors (Lipinski definition) is 1. The highest BCUT2D eigenvalue weighted by molar-refractivity contribution is 5.79. The maximum Gasteiger partial charge on any atom is 0.228 e. The minimum absolute atomic E-state index is 0.0978. The molecule has 2 aliphatic heterocycles. The fourth-order valence-electron chi connectivity index (χ4n) is 2.57. The highest BCUT2D eigenvalue weighted by Crippen LogP contribution is 2.18. The van der Waals surface area contributed by atoms with Gasteiger partial charge in [-0.15, -0.1) is 0 Å². The summed E-state index contributed by atoms with van der Waals surface area (Å²) < 4.78 is 5.38. The first-order valence-corrected chi connectivity index (χ1v) is 6.34. The van der Waals surface area contributed by atoms with E-state index in [1.165, 1.54) is 6.42 Å². The van der Waals surface area contributed by atoms with Crippen molar-refractivity contribution in [2.45, 2.75) is 31.7 Å². The van der Waals surface area contributed by atoms with Gasteiger partial charge in [-0.05, 0) is 32.2 Å². The van der Waals surface area contributed by atoms with Crippen LogP contribution >= 0.6 is 0 Å². The Balaban J connectivity index is 1.86. The largest absolute Gasteiger partial charge is 0.381 e. The molecule has 1 amide bonds. The minimum atomic E-state index is 0.0978. The molecule has 16 heavy (non-hydrogen) atoms. The van der Waals surface area contributed by atoms with Crippen LogP contribution in [-0.2, 0) is 9.53 Å². The number of likely N-dealkylation sites (N-methyl/N-ethyl adjacent to an activating group) is 1.